The highest BCUT2D eigenvalue weighted by Gasteiger charge is 2.26. The Hall–Kier alpha value is -3.56. The number of nitrogens with one attached hydrogen (secondary N) is 1. The van der Waals surface area contributed by atoms with Crippen LogP contribution in [0.3, 0.4) is 0 Å². The maximum atomic E-state index is 12.9. The highest BCUT2D eigenvalue weighted by molar-refractivity contribution is 6.00. The molecule has 27 heavy (non-hydrogen) atoms. The first kappa shape index (κ1) is 18.2. The number of carbonyl (C=O) groups excluding carboxylic acids is 1. The van der Waals surface area contributed by atoms with Crippen LogP contribution in [-0.4, -0.2) is 49.9 Å². The minimum absolute atomic E-state index is 0.00651. The van der Waals surface area contributed by atoms with E-state index in [4.69, 9.17) is 9.84 Å². The third kappa shape index (κ3) is 2.94. The Balaban J connectivity index is 2.38. The van der Waals surface area contributed by atoms with Gasteiger partial charge in [-0.05, 0) is 26.0 Å². The molecule has 2 heterocycles. The average Bonchev–Trinajstić information content (AvgIpc) is 2.98. The van der Waals surface area contributed by atoms with Gasteiger partial charge in [0.05, 0.1) is 18.1 Å². The number of aliphatic carboxylic acids is 1. The number of carboxylic acids is 1. The number of aromatic nitrogens is 3. The van der Waals surface area contributed by atoms with E-state index in [1.165, 1.54) is 16.3 Å². The van der Waals surface area contributed by atoms with Gasteiger partial charge in [0.1, 0.15) is 12.3 Å². The summed E-state index contributed by atoms with van der Waals surface area (Å²) < 4.78 is 7.91. The molecule has 2 aromatic heterocycles. The lowest BCUT2D eigenvalue weighted by atomic mass is 10.2. The highest BCUT2D eigenvalue weighted by Crippen LogP contribution is 2.28. The van der Waals surface area contributed by atoms with Crippen LogP contribution in [0, 0.1) is 0 Å². The first-order chi connectivity index (χ1) is 12.8. The Bertz CT molecular complexity index is 1130. The van der Waals surface area contributed by atoms with Crippen LogP contribution in [0.15, 0.2) is 23.0 Å². The Morgan fingerprint density at radius 3 is 2.63 bits per heavy atom. The molecule has 0 spiro atoms. The zero-order valence-electron chi connectivity index (χ0n) is 14.9. The molecule has 0 unspecified atom stereocenters. The highest BCUT2D eigenvalue weighted by atomic mass is 16.5. The molecule has 10 nitrogen and oxygen atoms in total. The summed E-state index contributed by atoms with van der Waals surface area (Å²) in [6, 6.07) is 4.64. The molecule has 0 saturated carbocycles. The average molecular weight is 374 g/mol. The number of hydrogen-bond donors (Lipinski definition) is 3. The molecule has 1 amide bonds. The number of carbonyl (C=O) groups is 2. The number of ether oxygens (including phenoxy) is 1. The third-order valence-electron chi connectivity index (χ3n) is 4.04. The van der Waals surface area contributed by atoms with Gasteiger partial charge in [0.2, 0.25) is 0 Å². The quantitative estimate of drug-likeness (QED) is 0.600. The van der Waals surface area contributed by atoms with Gasteiger partial charge in [-0.25, -0.2) is 14.2 Å². The molecule has 142 valence electrons. The number of amides is 1. The lowest BCUT2D eigenvalue weighted by molar-refractivity contribution is -0.135. The number of methoxy groups -OCH3 is 1. The third-order valence-corrected chi connectivity index (χ3v) is 4.04. The summed E-state index contributed by atoms with van der Waals surface area (Å²) in [7, 11) is 1.50. The minimum atomic E-state index is -1.27. The van der Waals surface area contributed by atoms with Gasteiger partial charge in [-0.1, -0.05) is 0 Å². The van der Waals surface area contributed by atoms with Crippen molar-refractivity contribution < 1.29 is 24.5 Å². The zero-order valence-corrected chi connectivity index (χ0v) is 14.9. The molecule has 1 aromatic carbocycles. The van der Waals surface area contributed by atoms with E-state index in [2.05, 4.69) is 10.3 Å². The van der Waals surface area contributed by atoms with Gasteiger partial charge in [-0.3, -0.25) is 14.4 Å². The van der Waals surface area contributed by atoms with E-state index >= 15 is 0 Å². The predicted molar refractivity (Wildman–Crippen MR) is 95.5 cm³/mol. The standard InChI is InChI=1S/C17H18N4O6/c1-8(2)20-17(26)13(16(25)18-7-12(22)23)14(24)15-19-10-5-4-9(27-3)6-11(10)21(15)20/h4-6,8,24H,7H2,1-3H3,(H,18,25)(H,22,23). The van der Waals surface area contributed by atoms with Crippen molar-refractivity contribution in [1.29, 1.82) is 0 Å². The smallest absolute Gasteiger partial charge is 0.322 e. The molecule has 3 N–H and O–H groups in total. The molecular weight excluding hydrogens is 356 g/mol. The molecule has 0 radical (unpaired) electrons. The molecule has 0 fully saturated rings. The van der Waals surface area contributed by atoms with Gasteiger partial charge < -0.3 is 20.3 Å². The van der Waals surface area contributed by atoms with Crippen LogP contribution in [0.5, 0.6) is 11.5 Å². The van der Waals surface area contributed by atoms with Gasteiger partial charge in [0.25, 0.3) is 11.5 Å². The molecule has 10 heteroatoms. The summed E-state index contributed by atoms with van der Waals surface area (Å²) in [4.78, 5) is 40.3. The van der Waals surface area contributed by atoms with Crippen molar-refractivity contribution in [2.45, 2.75) is 19.9 Å². The number of carboxylic acid groups (broad SMARTS) is 1. The van der Waals surface area contributed by atoms with Crippen molar-refractivity contribution in [1.82, 2.24) is 19.5 Å². The van der Waals surface area contributed by atoms with Gasteiger partial charge in [0, 0.05) is 12.1 Å². The summed E-state index contributed by atoms with van der Waals surface area (Å²) in [6.07, 6.45) is 0. The van der Waals surface area contributed by atoms with Crippen LogP contribution in [-0.2, 0) is 4.79 Å². The van der Waals surface area contributed by atoms with Crippen molar-refractivity contribution in [3.8, 4) is 11.5 Å². The van der Waals surface area contributed by atoms with Crippen molar-refractivity contribution in [3.05, 3.63) is 34.1 Å². The number of benzene rings is 1. The Morgan fingerprint density at radius 1 is 1.33 bits per heavy atom. The summed E-state index contributed by atoms with van der Waals surface area (Å²) in [5.74, 6) is -2.34. The predicted octanol–water partition coefficient (Wildman–Crippen LogP) is 0.759. The van der Waals surface area contributed by atoms with Gasteiger partial charge in [-0.15, -0.1) is 0 Å². The number of fused-ring (bicyclic) bond motifs is 3. The number of aromatic hydroxyl groups is 1. The van der Waals surface area contributed by atoms with Crippen molar-refractivity contribution >= 4 is 28.6 Å². The van der Waals surface area contributed by atoms with Crippen LogP contribution >= 0.6 is 0 Å². The molecule has 0 aliphatic heterocycles. The zero-order chi connectivity index (χ0) is 19.9. The maximum absolute atomic E-state index is 12.9. The van der Waals surface area contributed by atoms with Gasteiger partial charge in [-0.2, -0.15) is 0 Å². The number of hydrogen-bond acceptors (Lipinski definition) is 6. The molecule has 0 atom stereocenters. The largest absolute Gasteiger partial charge is 0.504 e. The lowest BCUT2D eigenvalue weighted by Gasteiger charge is -2.16. The summed E-state index contributed by atoms with van der Waals surface area (Å²) in [5, 5.41) is 21.4. The Kier molecular flexibility index (Phi) is 4.48. The van der Waals surface area contributed by atoms with E-state index in [1.54, 1.807) is 32.0 Å². The van der Waals surface area contributed by atoms with Crippen molar-refractivity contribution in [2.75, 3.05) is 13.7 Å². The van der Waals surface area contributed by atoms with Crippen LogP contribution in [0.4, 0.5) is 0 Å². The second kappa shape index (κ2) is 6.63. The molecule has 0 saturated heterocycles. The number of rotatable bonds is 5. The molecule has 3 rings (SSSR count). The topological polar surface area (TPSA) is 135 Å². The minimum Gasteiger partial charge on any atom is -0.504 e. The van der Waals surface area contributed by atoms with E-state index in [0.717, 1.165) is 0 Å². The Labute approximate surface area is 152 Å². The fourth-order valence-electron chi connectivity index (χ4n) is 2.87. The second-order valence-electron chi connectivity index (χ2n) is 6.15. The maximum Gasteiger partial charge on any atom is 0.322 e. The fraction of sp³-hybridized carbons (Fsp3) is 0.294. The fourth-order valence-corrected chi connectivity index (χ4v) is 2.87. The monoisotopic (exact) mass is 374 g/mol. The van der Waals surface area contributed by atoms with Crippen molar-refractivity contribution in [3.63, 3.8) is 0 Å². The van der Waals surface area contributed by atoms with Crippen LogP contribution in [0.1, 0.15) is 30.2 Å². The van der Waals surface area contributed by atoms with E-state index in [0.29, 0.717) is 16.8 Å². The van der Waals surface area contributed by atoms with E-state index in [-0.39, 0.29) is 11.7 Å². The van der Waals surface area contributed by atoms with Crippen LogP contribution in [0.2, 0.25) is 0 Å². The summed E-state index contributed by atoms with van der Waals surface area (Å²) in [6.45, 7) is 2.80. The molecule has 0 bridgehead atoms. The first-order valence-corrected chi connectivity index (χ1v) is 8.10. The van der Waals surface area contributed by atoms with Gasteiger partial charge in [0.15, 0.2) is 17.0 Å². The van der Waals surface area contributed by atoms with Gasteiger partial charge >= 0.3 is 5.97 Å². The van der Waals surface area contributed by atoms with E-state index in [1.807, 2.05) is 0 Å². The van der Waals surface area contributed by atoms with Crippen LogP contribution in [0.25, 0.3) is 16.7 Å². The molecular formula is C17H18N4O6. The van der Waals surface area contributed by atoms with Crippen LogP contribution < -0.4 is 15.6 Å². The SMILES string of the molecule is COc1ccc2nc3c(O)c(C(=O)NCC(=O)O)c(=O)n(C(C)C)n3c2c1. The second-order valence-corrected chi connectivity index (χ2v) is 6.15. The summed E-state index contributed by atoms with van der Waals surface area (Å²) >= 11 is 0. The van der Waals surface area contributed by atoms with Crippen molar-refractivity contribution in [2.24, 2.45) is 0 Å². The van der Waals surface area contributed by atoms with E-state index in [9.17, 15) is 19.5 Å². The molecule has 0 aliphatic rings. The van der Waals surface area contributed by atoms with E-state index < -0.39 is 35.3 Å². The molecule has 0 aliphatic carbocycles. The normalized spacial score (nSPS) is 11.3. The molecule has 3 aromatic rings. The number of imidazole rings is 1. The lowest BCUT2D eigenvalue weighted by Crippen LogP contribution is -2.38. The summed E-state index contributed by atoms with van der Waals surface area (Å²) in [5.41, 5.74) is -0.308. The Morgan fingerprint density at radius 2 is 2.04 bits per heavy atom. The number of nitrogens with zero attached hydrogens (tertiary/aromatic N) is 3. The first-order valence-electron chi connectivity index (χ1n) is 8.10.